The van der Waals surface area contributed by atoms with E-state index in [1.165, 1.54) is 18.2 Å². The van der Waals surface area contributed by atoms with Crippen molar-refractivity contribution in [2.75, 3.05) is 6.54 Å². The predicted octanol–water partition coefficient (Wildman–Crippen LogP) is 0.521. The summed E-state index contributed by atoms with van der Waals surface area (Å²) >= 11 is 0. The van der Waals surface area contributed by atoms with E-state index in [0.717, 1.165) is 0 Å². The number of nitrogens with two attached hydrogens (primary N) is 1. The second kappa shape index (κ2) is 6.39. The van der Waals surface area contributed by atoms with E-state index < -0.39 is 18.4 Å². The third-order valence-corrected chi connectivity index (χ3v) is 2.18. The number of rotatable bonds is 6. The van der Waals surface area contributed by atoms with Crippen molar-refractivity contribution in [3.63, 3.8) is 0 Å². The van der Waals surface area contributed by atoms with E-state index in [-0.39, 0.29) is 24.4 Å². The highest BCUT2D eigenvalue weighted by Gasteiger charge is 2.31. The lowest BCUT2D eigenvalue weighted by Crippen LogP contribution is -2.37. The molecule has 8 heteroatoms. The number of hydrogen-bond donors (Lipinski definition) is 3. The molecule has 0 heterocycles. The molecule has 1 aromatic carbocycles. The second-order valence-electron chi connectivity index (χ2n) is 3.70. The summed E-state index contributed by atoms with van der Waals surface area (Å²) in [6.07, 6.45) is -6.17. The molecule has 0 saturated heterocycles. The molecule has 0 fully saturated rings. The standard InChI is InChI=1S/C11H13F3N2O3/c12-11(13,14)19-9-4-2-1-3-7(9)5-16-6-8(17)10(15)18/h1-4,8,16-17H,5-6H2,(H2,15,18). The molecule has 0 aliphatic rings. The van der Waals surface area contributed by atoms with Crippen LogP contribution in [0, 0.1) is 0 Å². The molecule has 0 radical (unpaired) electrons. The van der Waals surface area contributed by atoms with Crippen molar-refractivity contribution in [3.8, 4) is 5.75 Å². The smallest absolute Gasteiger partial charge is 0.405 e. The van der Waals surface area contributed by atoms with Crippen molar-refractivity contribution in [1.82, 2.24) is 5.32 Å². The van der Waals surface area contributed by atoms with Crippen molar-refractivity contribution in [3.05, 3.63) is 29.8 Å². The van der Waals surface area contributed by atoms with Gasteiger partial charge in [0.2, 0.25) is 5.91 Å². The van der Waals surface area contributed by atoms with Crippen LogP contribution in [-0.2, 0) is 11.3 Å². The number of amides is 1. The Morgan fingerprint density at radius 2 is 2.05 bits per heavy atom. The van der Waals surface area contributed by atoms with Gasteiger partial charge in [-0.3, -0.25) is 4.79 Å². The van der Waals surface area contributed by atoms with Gasteiger partial charge in [0.1, 0.15) is 11.9 Å². The average Bonchev–Trinajstić information content (AvgIpc) is 2.29. The highest BCUT2D eigenvalue weighted by Crippen LogP contribution is 2.25. The fourth-order valence-electron chi connectivity index (χ4n) is 1.32. The van der Waals surface area contributed by atoms with E-state index in [1.807, 2.05) is 0 Å². The van der Waals surface area contributed by atoms with Crippen molar-refractivity contribution in [2.24, 2.45) is 5.73 Å². The Balaban J connectivity index is 2.61. The molecule has 106 valence electrons. The van der Waals surface area contributed by atoms with Crippen LogP contribution in [0.15, 0.2) is 24.3 Å². The van der Waals surface area contributed by atoms with Crippen molar-refractivity contribution < 1.29 is 27.8 Å². The van der Waals surface area contributed by atoms with Gasteiger partial charge in [-0.25, -0.2) is 0 Å². The molecule has 0 aliphatic carbocycles. The summed E-state index contributed by atoms with van der Waals surface area (Å²) in [7, 11) is 0. The van der Waals surface area contributed by atoms with E-state index in [1.54, 1.807) is 6.07 Å². The first-order valence-corrected chi connectivity index (χ1v) is 5.31. The topological polar surface area (TPSA) is 84.6 Å². The maximum Gasteiger partial charge on any atom is 0.573 e. The fraction of sp³-hybridized carbons (Fsp3) is 0.364. The summed E-state index contributed by atoms with van der Waals surface area (Å²) in [4.78, 5) is 10.6. The van der Waals surface area contributed by atoms with Crippen LogP contribution in [0.5, 0.6) is 5.75 Å². The summed E-state index contributed by atoms with van der Waals surface area (Å²) in [5.74, 6) is -1.25. The maximum absolute atomic E-state index is 12.1. The molecule has 1 unspecified atom stereocenters. The third kappa shape index (κ3) is 5.58. The molecule has 0 aliphatic heterocycles. The minimum atomic E-state index is -4.77. The summed E-state index contributed by atoms with van der Waals surface area (Å²) in [5, 5.41) is 11.7. The first kappa shape index (κ1) is 15.3. The molecule has 0 aromatic heterocycles. The number of para-hydroxylation sites is 1. The molecule has 19 heavy (non-hydrogen) atoms. The first-order chi connectivity index (χ1) is 8.79. The van der Waals surface area contributed by atoms with Crippen LogP contribution < -0.4 is 15.8 Å². The SMILES string of the molecule is NC(=O)C(O)CNCc1ccccc1OC(F)(F)F. The van der Waals surface area contributed by atoms with Crippen LogP contribution in [-0.4, -0.2) is 30.0 Å². The Morgan fingerprint density at radius 3 is 2.63 bits per heavy atom. The molecule has 1 amide bonds. The number of benzene rings is 1. The monoisotopic (exact) mass is 278 g/mol. The number of hydrogen-bond acceptors (Lipinski definition) is 4. The normalized spacial score (nSPS) is 13.1. The van der Waals surface area contributed by atoms with Gasteiger partial charge in [-0.1, -0.05) is 18.2 Å². The largest absolute Gasteiger partial charge is 0.573 e. The van der Waals surface area contributed by atoms with E-state index in [2.05, 4.69) is 10.1 Å². The predicted molar refractivity (Wildman–Crippen MR) is 60.0 cm³/mol. The minimum Gasteiger partial charge on any atom is -0.405 e. The van der Waals surface area contributed by atoms with Crippen molar-refractivity contribution in [1.29, 1.82) is 0 Å². The molecular weight excluding hydrogens is 265 g/mol. The zero-order valence-electron chi connectivity index (χ0n) is 9.78. The molecule has 0 bridgehead atoms. The van der Waals surface area contributed by atoms with Crippen molar-refractivity contribution >= 4 is 5.91 Å². The van der Waals surface area contributed by atoms with E-state index in [0.29, 0.717) is 0 Å². The minimum absolute atomic E-state index is 0.00338. The van der Waals surface area contributed by atoms with Crippen LogP contribution in [0.1, 0.15) is 5.56 Å². The lowest BCUT2D eigenvalue weighted by Gasteiger charge is -2.14. The van der Waals surface area contributed by atoms with Crippen molar-refractivity contribution in [2.45, 2.75) is 19.0 Å². The van der Waals surface area contributed by atoms with Gasteiger partial charge in [-0.2, -0.15) is 0 Å². The number of carbonyl (C=O) groups excluding carboxylic acids is 1. The molecule has 0 spiro atoms. The Labute approximate surface area is 107 Å². The van der Waals surface area contributed by atoms with Crippen LogP contribution in [0.2, 0.25) is 0 Å². The first-order valence-electron chi connectivity index (χ1n) is 5.31. The van der Waals surface area contributed by atoms with Gasteiger partial charge in [-0.05, 0) is 6.07 Å². The number of halogens is 3. The van der Waals surface area contributed by atoms with Gasteiger partial charge >= 0.3 is 6.36 Å². The molecule has 1 atom stereocenters. The summed E-state index contributed by atoms with van der Waals surface area (Å²) in [6.45, 7) is -0.160. The number of carbonyl (C=O) groups is 1. The summed E-state index contributed by atoms with van der Waals surface area (Å²) in [5.41, 5.74) is 5.07. The highest BCUT2D eigenvalue weighted by molar-refractivity contribution is 5.78. The van der Waals surface area contributed by atoms with Gasteiger partial charge < -0.3 is 20.9 Å². The number of aliphatic hydroxyl groups excluding tert-OH is 1. The molecule has 4 N–H and O–H groups in total. The fourth-order valence-corrected chi connectivity index (χ4v) is 1.32. The average molecular weight is 278 g/mol. The Kier molecular flexibility index (Phi) is 5.13. The van der Waals surface area contributed by atoms with Crippen LogP contribution in [0.4, 0.5) is 13.2 Å². The molecule has 5 nitrogen and oxygen atoms in total. The number of ether oxygens (including phenoxy) is 1. The van der Waals surface area contributed by atoms with Gasteiger partial charge in [0.15, 0.2) is 0 Å². The third-order valence-electron chi connectivity index (χ3n) is 2.18. The lowest BCUT2D eigenvalue weighted by molar-refractivity contribution is -0.274. The lowest BCUT2D eigenvalue weighted by atomic mass is 10.2. The molecular formula is C11H13F3N2O3. The zero-order chi connectivity index (χ0) is 14.5. The number of primary amides is 1. The summed E-state index contributed by atoms with van der Waals surface area (Å²) < 4.78 is 40.2. The maximum atomic E-state index is 12.1. The zero-order valence-corrected chi connectivity index (χ0v) is 9.78. The molecule has 1 rings (SSSR count). The van der Waals surface area contributed by atoms with Crippen LogP contribution >= 0.6 is 0 Å². The van der Waals surface area contributed by atoms with Gasteiger partial charge in [0.05, 0.1) is 0 Å². The number of alkyl halides is 3. The highest BCUT2D eigenvalue weighted by atomic mass is 19.4. The second-order valence-corrected chi connectivity index (χ2v) is 3.70. The van der Waals surface area contributed by atoms with Gasteiger partial charge in [0.25, 0.3) is 0 Å². The van der Waals surface area contributed by atoms with Crippen LogP contribution in [0.25, 0.3) is 0 Å². The molecule has 0 saturated carbocycles. The van der Waals surface area contributed by atoms with Gasteiger partial charge in [0, 0.05) is 18.7 Å². The van der Waals surface area contributed by atoms with E-state index in [4.69, 9.17) is 10.8 Å². The Bertz CT molecular complexity index is 437. The Morgan fingerprint density at radius 1 is 1.42 bits per heavy atom. The van der Waals surface area contributed by atoms with Crippen LogP contribution in [0.3, 0.4) is 0 Å². The van der Waals surface area contributed by atoms with E-state index >= 15 is 0 Å². The molecule has 1 aromatic rings. The van der Waals surface area contributed by atoms with Gasteiger partial charge in [-0.15, -0.1) is 13.2 Å². The number of aliphatic hydroxyl groups is 1. The number of nitrogens with one attached hydrogen (secondary N) is 1. The summed E-state index contributed by atoms with van der Waals surface area (Å²) in [6, 6.07) is 5.56. The quantitative estimate of drug-likeness (QED) is 0.708. The Hall–Kier alpha value is -1.80. The van der Waals surface area contributed by atoms with E-state index in [9.17, 15) is 18.0 Å².